The first-order chi connectivity index (χ1) is 15.2. The minimum Gasteiger partial charge on any atom is -0.488 e. The number of carbonyl (C=O) groups is 1. The van der Waals surface area contributed by atoms with E-state index in [0.717, 1.165) is 33.4 Å². The molecule has 0 bridgehead atoms. The number of hydrogen-bond donors (Lipinski definition) is 1. The largest absolute Gasteiger partial charge is 0.488 e. The highest BCUT2D eigenvalue weighted by Gasteiger charge is 2.17. The van der Waals surface area contributed by atoms with Crippen molar-refractivity contribution >= 4 is 27.5 Å². The summed E-state index contributed by atoms with van der Waals surface area (Å²) in [6.07, 6.45) is 0.256. The highest BCUT2D eigenvalue weighted by atomic mass is 16.6. The number of benzene rings is 4. The average Bonchev–Trinajstić information content (AvgIpc) is 2.81. The molecule has 5 heteroatoms. The van der Waals surface area contributed by atoms with Crippen LogP contribution in [-0.4, -0.2) is 30.4 Å². The second-order valence-corrected chi connectivity index (χ2v) is 6.95. The first kappa shape index (κ1) is 20.4. The van der Waals surface area contributed by atoms with Gasteiger partial charge >= 0.3 is 5.97 Å². The number of carbonyl (C=O) groups excluding carboxylic acids is 1. The first-order valence-electron chi connectivity index (χ1n) is 9.93. The van der Waals surface area contributed by atoms with Gasteiger partial charge < -0.3 is 19.3 Å². The molecule has 0 saturated heterocycles. The molecule has 1 unspecified atom stereocenters. The van der Waals surface area contributed by atoms with Crippen molar-refractivity contribution < 1.29 is 24.1 Å². The van der Waals surface area contributed by atoms with Gasteiger partial charge in [-0.05, 0) is 29.7 Å². The normalized spacial score (nSPS) is 11.8. The predicted molar refractivity (Wildman–Crippen MR) is 121 cm³/mol. The topological polar surface area (TPSA) is 65.0 Å². The molecule has 0 saturated carbocycles. The Hall–Kier alpha value is -3.83. The van der Waals surface area contributed by atoms with Gasteiger partial charge in [0.15, 0.2) is 6.10 Å². The number of ether oxygens (including phenoxy) is 3. The first-order valence-corrected chi connectivity index (χ1v) is 9.93. The van der Waals surface area contributed by atoms with Gasteiger partial charge in [0.2, 0.25) is 0 Å². The maximum Gasteiger partial charge on any atom is 0.330 e. The van der Waals surface area contributed by atoms with Crippen molar-refractivity contribution in [3.05, 3.63) is 91.5 Å². The van der Waals surface area contributed by atoms with Gasteiger partial charge in [-0.2, -0.15) is 0 Å². The molecule has 0 aliphatic heterocycles. The number of para-hydroxylation sites is 1. The van der Waals surface area contributed by atoms with Crippen LogP contribution in [0.25, 0.3) is 21.5 Å². The van der Waals surface area contributed by atoms with Gasteiger partial charge in [-0.15, -0.1) is 0 Å². The number of aliphatic hydroxyl groups is 1. The minimum absolute atomic E-state index is 0.00293. The van der Waals surface area contributed by atoms with Crippen LogP contribution in [0.1, 0.15) is 0 Å². The van der Waals surface area contributed by atoms with Crippen LogP contribution in [0.15, 0.2) is 91.5 Å². The molecule has 0 fully saturated rings. The molecular weight excluding hydrogens is 392 g/mol. The van der Waals surface area contributed by atoms with E-state index in [1.165, 1.54) is 0 Å². The van der Waals surface area contributed by atoms with Crippen molar-refractivity contribution in [2.45, 2.75) is 6.10 Å². The summed E-state index contributed by atoms with van der Waals surface area (Å²) < 4.78 is 17.4. The third-order valence-corrected chi connectivity index (χ3v) is 4.85. The van der Waals surface area contributed by atoms with Crippen LogP contribution >= 0.6 is 0 Å². The predicted octanol–water partition coefficient (Wildman–Crippen LogP) is 5.25. The molecule has 5 nitrogen and oxygen atoms in total. The molecule has 0 radical (unpaired) electrons. The quantitative estimate of drug-likeness (QED) is 0.242. The van der Waals surface area contributed by atoms with Crippen LogP contribution in [0.4, 0.5) is 0 Å². The molecule has 0 aliphatic carbocycles. The van der Waals surface area contributed by atoms with E-state index < -0.39 is 12.1 Å². The summed E-state index contributed by atoms with van der Waals surface area (Å²) in [7, 11) is 0. The Morgan fingerprint density at radius 1 is 0.935 bits per heavy atom. The van der Waals surface area contributed by atoms with Crippen molar-refractivity contribution in [1.29, 1.82) is 0 Å². The lowest BCUT2D eigenvalue weighted by atomic mass is 10.0. The van der Waals surface area contributed by atoms with Gasteiger partial charge in [-0.1, -0.05) is 61.2 Å². The van der Waals surface area contributed by atoms with Gasteiger partial charge in [0, 0.05) is 22.2 Å². The molecule has 0 heterocycles. The molecular formula is C26H22O5. The number of aliphatic hydroxyl groups excluding tert-OH is 1. The van der Waals surface area contributed by atoms with E-state index in [1.807, 2.05) is 72.8 Å². The van der Waals surface area contributed by atoms with Crippen molar-refractivity contribution in [3.8, 4) is 17.2 Å². The Morgan fingerprint density at radius 3 is 2.45 bits per heavy atom. The average molecular weight is 414 g/mol. The summed E-state index contributed by atoms with van der Waals surface area (Å²) in [6.45, 7) is 3.03. The molecule has 0 amide bonds. The van der Waals surface area contributed by atoms with E-state index in [9.17, 15) is 9.90 Å². The van der Waals surface area contributed by atoms with Crippen LogP contribution in [0.3, 0.4) is 0 Å². The second-order valence-electron chi connectivity index (χ2n) is 6.95. The SMILES string of the molecule is C=CC(=O)OC(CO)COc1c2ccccc2cc2c(Oc3ccccc3)cccc12. The molecule has 0 aromatic heterocycles. The molecule has 4 aromatic carbocycles. The maximum atomic E-state index is 11.5. The number of rotatable bonds is 8. The highest BCUT2D eigenvalue weighted by molar-refractivity contribution is 6.07. The molecule has 31 heavy (non-hydrogen) atoms. The molecule has 156 valence electrons. The standard InChI is InChI=1S/C26H22O5/c1-2-25(28)31-20(16-27)17-29-26-21-12-7-6-9-18(21)15-23-22(26)13-8-14-24(23)30-19-10-4-3-5-11-19/h2-15,20,27H,1,16-17H2. The smallest absolute Gasteiger partial charge is 0.330 e. The molecule has 0 spiro atoms. The van der Waals surface area contributed by atoms with E-state index >= 15 is 0 Å². The van der Waals surface area contributed by atoms with Crippen molar-refractivity contribution in [2.75, 3.05) is 13.2 Å². The highest BCUT2D eigenvalue weighted by Crippen LogP contribution is 2.40. The van der Waals surface area contributed by atoms with E-state index in [2.05, 4.69) is 12.6 Å². The Morgan fingerprint density at radius 2 is 1.68 bits per heavy atom. The molecule has 0 aliphatic rings. The summed E-state index contributed by atoms with van der Waals surface area (Å²) in [4.78, 5) is 11.5. The van der Waals surface area contributed by atoms with Gasteiger partial charge in [0.05, 0.1) is 6.61 Å². The van der Waals surface area contributed by atoms with E-state index in [1.54, 1.807) is 0 Å². The third kappa shape index (κ3) is 4.52. The molecule has 4 rings (SSSR count). The Balaban J connectivity index is 1.76. The zero-order valence-electron chi connectivity index (χ0n) is 16.9. The van der Waals surface area contributed by atoms with Crippen molar-refractivity contribution in [3.63, 3.8) is 0 Å². The summed E-state index contributed by atoms with van der Waals surface area (Å²) in [6, 6.07) is 25.3. The maximum absolute atomic E-state index is 11.5. The van der Waals surface area contributed by atoms with Crippen molar-refractivity contribution in [2.24, 2.45) is 0 Å². The van der Waals surface area contributed by atoms with Gasteiger partial charge in [0.1, 0.15) is 23.9 Å². The zero-order valence-corrected chi connectivity index (χ0v) is 16.9. The third-order valence-electron chi connectivity index (χ3n) is 4.85. The van der Waals surface area contributed by atoms with Crippen LogP contribution in [-0.2, 0) is 9.53 Å². The van der Waals surface area contributed by atoms with Gasteiger partial charge in [0.25, 0.3) is 0 Å². The summed E-state index contributed by atoms with van der Waals surface area (Å²) >= 11 is 0. The zero-order chi connectivity index (χ0) is 21.6. The fourth-order valence-corrected chi connectivity index (χ4v) is 3.39. The lowest BCUT2D eigenvalue weighted by Gasteiger charge is -2.19. The molecule has 1 atom stereocenters. The summed E-state index contributed by atoms with van der Waals surface area (Å²) in [5.74, 6) is 1.47. The van der Waals surface area contributed by atoms with Gasteiger partial charge in [-0.25, -0.2) is 4.79 Å². The lowest BCUT2D eigenvalue weighted by molar-refractivity contribution is -0.146. The fraction of sp³-hybridized carbons (Fsp3) is 0.115. The van der Waals surface area contributed by atoms with E-state index in [4.69, 9.17) is 14.2 Å². The van der Waals surface area contributed by atoms with E-state index in [0.29, 0.717) is 11.5 Å². The number of esters is 1. The lowest BCUT2D eigenvalue weighted by Crippen LogP contribution is -2.27. The number of fused-ring (bicyclic) bond motifs is 2. The summed E-state index contributed by atoms with van der Waals surface area (Å²) in [5, 5.41) is 13.2. The van der Waals surface area contributed by atoms with Crippen LogP contribution in [0.5, 0.6) is 17.2 Å². The Labute approximate surface area is 180 Å². The Bertz CT molecular complexity index is 1220. The monoisotopic (exact) mass is 414 g/mol. The molecule has 1 N–H and O–H groups in total. The van der Waals surface area contributed by atoms with Crippen LogP contribution in [0.2, 0.25) is 0 Å². The fourth-order valence-electron chi connectivity index (χ4n) is 3.39. The summed E-state index contributed by atoms with van der Waals surface area (Å²) in [5.41, 5.74) is 0. The Kier molecular flexibility index (Phi) is 6.15. The second kappa shape index (κ2) is 9.32. The number of hydrogen-bond acceptors (Lipinski definition) is 5. The van der Waals surface area contributed by atoms with Gasteiger partial charge in [-0.3, -0.25) is 0 Å². The van der Waals surface area contributed by atoms with E-state index in [-0.39, 0.29) is 13.2 Å². The molecule has 4 aromatic rings. The van der Waals surface area contributed by atoms with Crippen LogP contribution < -0.4 is 9.47 Å². The van der Waals surface area contributed by atoms with Crippen molar-refractivity contribution in [1.82, 2.24) is 0 Å². The van der Waals surface area contributed by atoms with Crippen LogP contribution in [0, 0.1) is 0 Å². The minimum atomic E-state index is -0.803.